The van der Waals surface area contributed by atoms with Crippen LogP contribution in [-0.2, 0) is 11.8 Å². The van der Waals surface area contributed by atoms with E-state index in [1.165, 1.54) is 0 Å². The molecule has 2 amide bonds. The lowest BCUT2D eigenvalue weighted by Crippen LogP contribution is -2.41. The molecule has 1 aromatic heterocycles. The molecule has 1 aliphatic heterocycles. The molecule has 106 valence electrons. The number of nitrogens with zero attached hydrogens (tertiary/aromatic N) is 3. The summed E-state index contributed by atoms with van der Waals surface area (Å²) in [6.07, 6.45) is 1.72. The Bertz CT molecular complexity index is 618. The number of aryl methyl sites for hydroxylation is 1. The number of urea groups is 1. The highest BCUT2D eigenvalue weighted by Crippen LogP contribution is 2.16. The SMILES string of the molecule is Cn1nnc2cc(NC(=O)NC3CCOCC3)ccc21. The Balaban J connectivity index is 1.64. The van der Waals surface area contributed by atoms with E-state index < -0.39 is 0 Å². The Labute approximate surface area is 116 Å². The highest BCUT2D eigenvalue weighted by molar-refractivity contribution is 5.91. The van der Waals surface area contributed by atoms with Crippen LogP contribution in [0.5, 0.6) is 0 Å². The first-order valence-electron chi connectivity index (χ1n) is 6.67. The lowest BCUT2D eigenvalue weighted by molar-refractivity contribution is 0.0806. The van der Waals surface area contributed by atoms with E-state index in [1.807, 2.05) is 25.2 Å². The molecule has 3 rings (SSSR count). The molecule has 0 spiro atoms. The quantitative estimate of drug-likeness (QED) is 0.864. The van der Waals surface area contributed by atoms with Crippen LogP contribution in [0.3, 0.4) is 0 Å². The minimum atomic E-state index is -0.194. The Morgan fingerprint density at radius 2 is 2.20 bits per heavy atom. The maximum atomic E-state index is 11.9. The summed E-state index contributed by atoms with van der Waals surface area (Å²) in [5, 5.41) is 13.7. The fraction of sp³-hybridized carbons (Fsp3) is 0.462. The molecule has 0 radical (unpaired) electrons. The number of hydrogen-bond acceptors (Lipinski definition) is 4. The van der Waals surface area contributed by atoms with Crippen LogP contribution in [0.1, 0.15) is 12.8 Å². The van der Waals surface area contributed by atoms with Gasteiger partial charge in [-0.1, -0.05) is 5.21 Å². The van der Waals surface area contributed by atoms with Gasteiger partial charge in [0.25, 0.3) is 0 Å². The third-order valence-corrected chi connectivity index (χ3v) is 3.43. The fourth-order valence-electron chi connectivity index (χ4n) is 2.31. The molecule has 1 aromatic carbocycles. The zero-order valence-electron chi connectivity index (χ0n) is 11.3. The second-order valence-electron chi connectivity index (χ2n) is 4.90. The number of carbonyl (C=O) groups excluding carboxylic acids is 1. The molecule has 0 aliphatic carbocycles. The monoisotopic (exact) mass is 275 g/mol. The smallest absolute Gasteiger partial charge is 0.319 e. The lowest BCUT2D eigenvalue weighted by Gasteiger charge is -2.23. The zero-order chi connectivity index (χ0) is 13.9. The van der Waals surface area contributed by atoms with Crippen molar-refractivity contribution in [1.29, 1.82) is 0 Å². The average molecular weight is 275 g/mol. The van der Waals surface area contributed by atoms with Crippen LogP contribution in [0, 0.1) is 0 Å². The molecular weight excluding hydrogens is 258 g/mol. The molecule has 0 unspecified atom stereocenters. The van der Waals surface area contributed by atoms with E-state index in [-0.39, 0.29) is 12.1 Å². The van der Waals surface area contributed by atoms with Gasteiger partial charge < -0.3 is 15.4 Å². The van der Waals surface area contributed by atoms with E-state index in [0.717, 1.165) is 23.9 Å². The number of nitrogens with one attached hydrogen (secondary N) is 2. The van der Waals surface area contributed by atoms with Gasteiger partial charge >= 0.3 is 6.03 Å². The summed E-state index contributed by atoms with van der Waals surface area (Å²) in [6, 6.07) is 5.53. The first-order chi connectivity index (χ1) is 9.72. The van der Waals surface area contributed by atoms with Gasteiger partial charge in [0.05, 0.1) is 5.52 Å². The van der Waals surface area contributed by atoms with Crippen LogP contribution in [0.4, 0.5) is 10.5 Å². The minimum absolute atomic E-state index is 0.184. The zero-order valence-corrected chi connectivity index (χ0v) is 11.3. The summed E-state index contributed by atoms with van der Waals surface area (Å²) in [7, 11) is 1.83. The lowest BCUT2D eigenvalue weighted by atomic mass is 10.1. The summed E-state index contributed by atoms with van der Waals surface area (Å²) < 4.78 is 6.96. The highest BCUT2D eigenvalue weighted by atomic mass is 16.5. The van der Waals surface area contributed by atoms with Crippen molar-refractivity contribution in [3.05, 3.63) is 18.2 Å². The van der Waals surface area contributed by atoms with Gasteiger partial charge in [-0.05, 0) is 31.0 Å². The summed E-state index contributed by atoms with van der Waals surface area (Å²) in [4.78, 5) is 11.9. The molecule has 0 saturated carbocycles. The summed E-state index contributed by atoms with van der Waals surface area (Å²) >= 11 is 0. The molecule has 7 nitrogen and oxygen atoms in total. The minimum Gasteiger partial charge on any atom is -0.381 e. The number of benzene rings is 1. The van der Waals surface area contributed by atoms with Crippen molar-refractivity contribution in [1.82, 2.24) is 20.3 Å². The van der Waals surface area contributed by atoms with Gasteiger partial charge in [-0.2, -0.15) is 0 Å². The van der Waals surface area contributed by atoms with Gasteiger partial charge in [-0.15, -0.1) is 5.10 Å². The Kier molecular flexibility index (Phi) is 3.51. The predicted molar refractivity (Wildman–Crippen MR) is 74.5 cm³/mol. The second-order valence-corrected chi connectivity index (χ2v) is 4.90. The number of ether oxygens (including phenoxy) is 1. The van der Waals surface area contributed by atoms with Crippen LogP contribution in [0.15, 0.2) is 18.2 Å². The van der Waals surface area contributed by atoms with Gasteiger partial charge in [-0.3, -0.25) is 0 Å². The van der Waals surface area contributed by atoms with Crippen molar-refractivity contribution in [2.24, 2.45) is 7.05 Å². The molecule has 1 aliphatic rings. The van der Waals surface area contributed by atoms with E-state index in [9.17, 15) is 4.79 Å². The Morgan fingerprint density at radius 1 is 1.40 bits per heavy atom. The van der Waals surface area contributed by atoms with Gasteiger partial charge in [-0.25, -0.2) is 9.48 Å². The number of amides is 2. The van der Waals surface area contributed by atoms with E-state index in [0.29, 0.717) is 18.9 Å². The number of aromatic nitrogens is 3. The Hall–Kier alpha value is -2.15. The van der Waals surface area contributed by atoms with E-state index in [4.69, 9.17) is 4.74 Å². The van der Waals surface area contributed by atoms with Crippen LogP contribution in [0.25, 0.3) is 11.0 Å². The molecule has 2 aromatic rings. The predicted octanol–water partition coefficient (Wildman–Crippen LogP) is 1.27. The Morgan fingerprint density at radius 3 is 3.00 bits per heavy atom. The van der Waals surface area contributed by atoms with Crippen LogP contribution in [0.2, 0.25) is 0 Å². The average Bonchev–Trinajstić information content (AvgIpc) is 2.81. The van der Waals surface area contributed by atoms with Crippen molar-refractivity contribution < 1.29 is 9.53 Å². The molecule has 7 heteroatoms. The topological polar surface area (TPSA) is 81.1 Å². The molecule has 2 N–H and O–H groups in total. The summed E-state index contributed by atoms with van der Waals surface area (Å²) in [5.74, 6) is 0. The first kappa shape index (κ1) is 12.9. The third-order valence-electron chi connectivity index (χ3n) is 3.43. The maximum absolute atomic E-state index is 11.9. The van der Waals surface area contributed by atoms with Crippen molar-refractivity contribution in [2.45, 2.75) is 18.9 Å². The van der Waals surface area contributed by atoms with Crippen LogP contribution in [-0.4, -0.2) is 40.3 Å². The van der Waals surface area contributed by atoms with E-state index in [2.05, 4.69) is 20.9 Å². The van der Waals surface area contributed by atoms with E-state index >= 15 is 0 Å². The number of rotatable bonds is 2. The molecule has 1 fully saturated rings. The molecular formula is C13H17N5O2. The molecule has 0 atom stereocenters. The number of hydrogen-bond donors (Lipinski definition) is 2. The van der Waals surface area contributed by atoms with Crippen molar-refractivity contribution in [3.8, 4) is 0 Å². The van der Waals surface area contributed by atoms with Gasteiger partial charge in [0.15, 0.2) is 0 Å². The largest absolute Gasteiger partial charge is 0.381 e. The maximum Gasteiger partial charge on any atom is 0.319 e. The van der Waals surface area contributed by atoms with Crippen molar-refractivity contribution >= 4 is 22.8 Å². The standard InChI is InChI=1S/C13H17N5O2/c1-18-12-3-2-10(8-11(12)16-17-18)15-13(19)14-9-4-6-20-7-5-9/h2-3,8-9H,4-7H2,1H3,(H2,14,15,19). The summed E-state index contributed by atoms with van der Waals surface area (Å²) in [6.45, 7) is 1.41. The fourth-order valence-corrected chi connectivity index (χ4v) is 2.31. The van der Waals surface area contributed by atoms with Crippen molar-refractivity contribution in [2.75, 3.05) is 18.5 Å². The molecule has 20 heavy (non-hydrogen) atoms. The normalized spacial score (nSPS) is 16.2. The number of fused-ring (bicyclic) bond motifs is 1. The number of anilines is 1. The van der Waals surface area contributed by atoms with Gasteiger partial charge in [0.2, 0.25) is 0 Å². The second kappa shape index (κ2) is 5.46. The van der Waals surface area contributed by atoms with E-state index in [1.54, 1.807) is 4.68 Å². The summed E-state index contributed by atoms with van der Waals surface area (Å²) in [5.41, 5.74) is 2.40. The van der Waals surface area contributed by atoms with Crippen molar-refractivity contribution in [3.63, 3.8) is 0 Å². The van der Waals surface area contributed by atoms with Crippen LogP contribution >= 0.6 is 0 Å². The first-order valence-corrected chi connectivity index (χ1v) is 6.67. The van der Waals surface area contributed by atoms with Crippen LogP contribution < -0.4 is 10.6 Å². The highest BCUT2D eigenvalue weighted by Gasteiger charge is 2.16. The molecule has 0 bridgehead atoms. The molecule has 2 heterocycles. The van der Waals surface area contributed by atoms with Gasteiger partial charge in [0, 0.05) is 32.0 Å². The number of carbonyl (C=O) groups is 1. The molecule has 1 saturated heterocycles. The van der Waals surface area contributed by atoms with Gasteiger partial charge in [0.1, 0.15) is 5.52 Å². The third kappa shape index (κ3) is 2.72.